The van der Waals surface area contributed by atoms with Crippen molar-refractivity contribution in [3.05, 3.63) is 41.2 Å². The minimum absolute atomic E-state index is 0.170. The second-order valence-electron chi connectivity index (χ2n) is 6.19. The number of carbonyl (C=O) groups is 2. The fraction of sp³-hybridized carbons (Fsp3) is 0.412. The van der Waals surface area contributed by atoms with E-state index in [0.29, 0.717) is 12.0 Å². The molecule has 1 unspecified atom stereocenters. The number of anilines is 1. The van der Waals surface area contributed by atoms with Gasteiger partial charge in [0.2, 0.25) is 5.95 Å². The largest absolute Gasteiger partial charge is 0.483 e. The van der Waals surface area contributed by atoms with Crippen LogP contribution in [0.5, 0.6) is 0 Å². The monoisotopic (exact) mass is 361 g/mol. The highest BCUT2D eigenvalue weighted by atomic mass is 16.4. The van der Waals surface area contributed by atoms with Crippen molar-refractivity contribution in [3.63, 3.8) is 0 Å². The van der Waals surface area contributed by atoms with Gasteiger partial charge >= 0.3 is 5.97 Å². The van der Waals surface area contributed by atoms with Gasteiger partial charge in [0.25, 0.3) is 12.3 Å². The van der Waals surface area contributed by atoms with Gasteiger partial charge in [0.1, 0.15) is 0 Å². The van der Waals surface area contributed by atoms with E-state index in [4.69, 9.17) is 15.0 Å². The molecule has 1 aliphatic heterocycles. The second-order valence-corrected chi connectivity index (χ2v) is 6.19. The van der Waals surface area contributed by atoms with Crippen LogP contribution in [0.1, 0.15) is 21.7 Å². The van der Waals surface area contributed by atoms with Gasteiger partial charge in [-0.05, 0) is 24.6 Å². The van der Waals surface area contributed by atoms with E-state index in [1.165, 1.54) is 15.8 Å². The van der Waals surface area contributed by atoms with E-state index < -0.39 is 5.97 Å². The van der Waals surface area contributed by atoms with Gasteiger partial charge < -0.3 is 15.1 Å². The normalized spacial score (nSPS) is 16.2. The fourth-order valence-electron chi connectivity index (χ4n) is 3.12. The van der Waals surface area contributed by atoms with Crippen LogP contribution >= 0.6 is 0 Å². The van der Waals surface area contributed by atoms with E-state index in [-0.39, 0.29) is 12.3 Å². The third kappa shape index (κ3) is 4.37. The molecule has 0 saturated carbocycles. The average Bonchev–Trinajstić information content (AvgIpc) is 2.98. The molecule has 9 heteroatoms. The van der Waals surface area contributed by atoms with Crippen molar-refractivity contribution >= 4 is 18.4 Å². The summed E-state index contributed by atoms with van der Waals surface area (Å²) in [5.74, 6) is -0.713. The maximum atomic E-state index is 11.0. The summed E-state index contributed by atoms with van der Waals surface area (Å²) in [6, 6.07) is 8.85. The first-order chi connectivity index (χ1) is 12.4. The number of aryl methyl sites for hydroxylation is 1. The Bertz CT molecular complexity index is 776. The Kier molecular flexibility index (Phi) is 6.29. The van der Waals surface area contributed by atoms with Crippen molar-refractivity contribution in [2.24, 2.45) is 7.05 Å². The van der Waals surface area contributed by atoms with Crippen LogP contribution in [0.4, 0.5) is 5.95 Å². The first-order valence-electron chi connectivity index (χ1n) is 8.07. The first kappa shape index (κ1) is 19.4. The molecule has 140 valence electrons. The van der Waals surface area contributed by atoms with Crippen LogP contribution in [0.2, 0.25) is 0 Å². The van der Waals surface area contributed by atoms with Gasteiger partial charge in [0, 0.05) is 33.2 Å². The number of carboxylic acid groups (broad SMARTS) is 2. The molecule has 0 spiro atoms. The van der Waals surface area contributed by atoms with Crippen LogP contribution in [0.15, 0.2) is 24.3 Å². The topological polar surface area (TPSA) is 112 Å². The summed E-state index contributed by atoms with van der Waals surface area (Å²) in [7, 11) is 5.75. The molecule has 0 radical (unpaired) electrons. The predicted molar refractivity (Wildman–Crippen MR) is 95.3 cm³/mol. The third-order valence-corrected chi connectivity index (χ3v) is 4.37. The van der Waals surface area contributed by atoms with E-state index >= 15 is 0 Å². The van der Waals surface area contributed by atoms with Crippen LogP contribution in [0, 0.1) is 0 Å². The zero-order valence-electron chi connectivity index (χ0n) is 15.0. The minimum atomic E-state index is -1.11. The van der Waals surface area contributed by atoms with E-state index in [1.54, 1.807) is 7.05 Å². The molecule has 26 heavy (non-hydrogen) atoms. The lowest BCUT2D eigenvalue weighted by atomic mass is 9.94. The standard InChI is InChI=1S/C16H21N5O2.CH2O2/c1-19-9-12-7-5-4-6-11(12)8-13(19)10-20(2)16-17-14(15(22)23)18-21(16)3;2-1-3/h4-7,13H,8-10H2,1-3H3,(H,22,23);1H,(H,2,3). The number of fused-ring (bicyclic) bond motifs is 1. The number of hydrogen-bond donors (Lipinski definition) is 2. The van der Waals surface area contributed by atoms with E-state index in [1.807, 2.05) is 11.9 Å². The number of aromatic nitrogens is 3. The minimum Gasteiger partial charge on any atom is -0.483 e. The number of hydrogen-bond acceptors (Lipinski definition) is 6. The highest BCUT2D eigenvalue weighted by molar-refractivity contribution is 5.83. The summed E-state index contributed by atoms with van der Waals surface area (Å²) < 4.78 is 1.51. The van der Waals surface area contributed by atoms with Gasteiger partial charge in [-0.2, -0.15) is 4.98 Å². The zero-order chi connectivity index (χ0) is 19.3. The third-order valence-electron chi connectivity index (χ3n) is 4.37. The molecule has 2 heterocycles. The van der Waals surface area contributed by atoms with Gasteiger partial charge in [-0.1, -0.05) is 24.3 Å². The highest BCUT2D eigenvalue weighted by Crippen LogP contribution is 2.23. The lowest BCUT2D eigenvalue weighted by Crippen LogP contribution is -2.45. The quantitative estimate of drug-likeness (QED) is 0.766. The smallest absolute Gasteiger partial charge is 0.375 e. The summed E-state index contributed by atoms with van der Waals surface area (Å²) in [5.41, 5.74) is 2.76. The molecule has 0 fully saturated rings. The summed E-state index contributed by atoms with van der Waals surface area (Å²) in [5, 5.41) is 19.8. The summed E-state index contributed by atoms with van der Waals surface area (Å²) >= 11 is 0. The summed E-state index contributed by atoms with van der Waals surface area (Å²) in [6.45, 7) is 1.43. The van der Waals surface area contributed by atoms with Crippen LogP contribution in [-0.2, 0) is 24.8 Å². The Morgan fingerprint density at radius 1 is 1.35 bits per heavy atom. The second kappa shape index (κ2) is 8.43. The molecule has 0 amide bonds. The molecule has 1 atom stereocenters. The molecule has 1 aromatic carbocycles. The molecule has 3 rings (SSSR count). The van der Waals surface area contributed by atoms with Crippen molar-refractivity contribution < 1.29 is 19.8 Å². The number of likely N-dealkylation sites (N-methyl/N-ethyl adjacent to an activating group) is 2. The van der Waals surface area contributed by atoms with E-state index in [0.717, 1.165) is 19.5 Å². The fourth-order valence-corrected chi connectivity index (χ4v) is 3.12. The number of aromatic carboxylic acids is 1. The molecular formula is C17H23N5O4. The molecule has 9 nitrogen and oxygen atoms in total. The van der Waals surface area contributed by atoms with Gasteiger partial charge in [0.05, 0.1) is 0 Å². The molecule has 0 aliphatic carbocycles. The van der Waals surface area contributed by atoms with Gasteiger partial charge in [-0.25, -0.2) is 9.48 Å². The number of carboxylic acids is 1. The predicted octanol–water partition coefficient (Wildman–Crippen LogP) is 0.707. The summed E-state index contributed by atoms with van der Waals surface area (Å²) in [4.78, 5) is 27.8. The Morgan fingerprint density at radius 2 is 1.96 bits per heavy atom. The molecule has 1 aliphatic rings. The number of benzene rings is 1. The zero-order valence-corrected chi connectivity index (χ0v) is 15.0. The SMILES string of the molecule is CN(CC1Cc2ccccc2CN1C)c1nc(C(=O)O)nn1C.O=CO. The lowest BCUT2D eigenvalue weighted by molar-refractivity contribution is -0.122. The van der Waals surface area contributed by atoms with Crippen molar-refractivity contribution in [1.29, 1.82) is 0 Å². The molecule has 2 aromatic rings. The van der Waals surface area contributed by atoms with Crippen LogP contribution in [-0.4, -0.2) is 69.0 Å². The molecular weight excluding hydrogens is 338 g/mol. The highest BCUT2D eigenvalue weighted by Gasteiger charge is 2.26. The number of nitrogens with zero attached hydrogens (tertiary/aromatic N) is 5. The average molecular weight is 361 g/mol. The van der Waals surface area contributed by atoms with Crippen molar-refractivity contribution in [1.82, 2.24) is 19.7 Å². The molecule has 2 N–H and O–H groups in total. The molecule has 0 bridgehead atoms. The summed E-state index contributed by atoms with van der Waals surface area (Å²) in [6.07, 6.45) is 0.973. The van der Waals surface area contributed by atoms with E-state index in [9.17, 15) is 4.79 Å². The van der Waals surface area contributed by atoms with E-state index in [2.05, 4.69) is 46.3 Å². The van der Waals surface area contributed by atoms with Crippen LogP contribution < -0.4 is 4.90 Å². The van der Waals surface area contributed by atoms with Crippen molar-refractivity contribution in [2.75, 3.05) is 25.5 Å². The van der Waals surface area contributed by atoms with Gasteiger partial charge in [-0.3, -0.25) is 9.69 Å². The van der Waals surface area contributed by atoms with Crippen molar-refractivity contribution in [3.8, 4) is 0 Å². The Morgan fingerprint density at radius 3 is 2.54 bits per heavy atom. The lowest BCUT2D eigenvalue weighted by Gasteiger charge is -2.36. The Hall–Kier alpha value is -2.94. The first-order valence-corrected chi connectivity index (χ1v) is 8.07. The molecule has 0 saturated heterocycles. The Labute approximate surface area is 151 Å². The van der Waals surface area contributed by atoms with Crippen LogP contribution in [0.3, 0.4) is 0 Å². The van der Waals surface area contributed by atoms with Crippen LogP contribution in [0.25, 0.3) is 0 Å². The number of rotatable bonds is 4. The van der Waals surface area contributed by atoms with Gasteiger partial charge in [0.15, 0.2) is 0 Å². The van der Waals surface area contributed by atoms with Gasteiger partial charge in [-0.15, -0.1) is 5.10 Å². The maximum Gasteiger partial charge on any atom is 0.375 e. The Balaban J connectivity index is 0.000000758. The molecule has 1 aromatic heterocycles. The maximum absolute atomic E-state index is 11.0. The van der Waals surface area contributed by atoms with Crippen molar-refractivity contribution in [2.45, 2.75) is 19.0 Å².